The van der Waals surface area contributed by atoms with E-state index in [2.05, 4.69) is 38.0 Å². The quantitative estimate of drug-likeness (QED) is 0.314. The van der Waals surface area contributed by atoms with Gasteiger partial charge in [0.15, 0.2) is 5.96 Å². The monoisotopic (exact) mass is 426 g/mol. The zero-order valence-electron chi connectivity index (χ0n) is 14.7. The van der Waals surface area contributed by atoms with Crippen LogP contribution in [0.1, 0.15) is 34.6 Å². The van der Waals surface area contributed by atoms with Gasteiger partial charge in [-0.15, -0.1) is 24.0 Å². The number of piperazine rings is 1. The number of aliphatic imine (C=N–C) groups is 1. The molecule has 0 unspecified atom stereocenters. The third kappa shape index (κ3) is 5.57. The van der Waals surface area contributed by atoms with E-state index in [1.807, 2.05) is 16.7 Å². The van der Waals surface area contributed by atoms with Crippen LogP contribution in [0.25, 0.3) is 0 Å². The molecule has 0 atom stereocenters. The van der Waals surface area contributed by atoms with E-state index in [9.17, 15) is 4.79 Å². The van der Waals surface area contributed by atoms with Crippen molar-refractivity contribution in [1.82, 2.24) is 15.1 Å². The number of halogens is 1. The fourth-order valence-corrected chi connectivity index (χ4v) is 3.02. The molecule has 1 saturated heterocycles. The Kier molecular flexibility index (Phi) is 9.30. The maximum Gasteiger partial charge on any atom is 0.242 e. The summed E-state index contributed by atoms with van der Waals surface area (Å²) in [6.45, 7) is 13.5. The van der Waals surface area contributed by atoms with Crippen LogP contribution in [0.3, 0.4) is 0 Å². The maximum atomic E-state index is 12.4. The molecule has 0 spiro atoms. The zero-order valence-corrected chi connectivity index (χ0v) is 17.0. The van der Waals surface area contributed by atoms with Crippen LogP contribution in [0.2, 0.25) is 0 Å². The Morgan fingerprint density at radius 1 is 1.45 bits per heavy atom. The van der Waals surface area contributed by atoms with Gasteiger partial charge in [0.1, 0.15) is 0 Å². The van der Waals surface area contributed by atoms with Gasteiger partial charge >= 0.3 is 0 Å². The fraction of sp³-hybridized carbons (Fsp3) is 0.867. The highest BCUT2D eigenvalue weighted by molar-refractivity contribution is 14.0. The lowest BCUT2D eigenvalue weighted by Crippen LogP contribution is -2.66. The highest BCUT2D eigenvalue weighted by atomic mass is 127. The molecule has 1 heterocycles. The summed E-state index contributed by atoms with van der Waals surface area (Å²) in [7, 11) is 1.75. The van der Waals surface area contributed by atoms with Crippen LogP contribution in [0, 0.1) is 0 Å². The molecule has 1 rings (SSSR count). The molecule has 1 amide bonds. The summed E-state index contributed by atoms with van der Waals surface area (Å²) in [6.07, 6.45) is 0. The third-order valence-corrected chi connectivity index (χ3v) is 3.59. The predicted molar refractivity (Wildman–Crippen MR) is 101 cm³/mol. The highest BCUT2D eigenvalue weighted by Crippen LogP contribution is 2.24. The van der Waals surface area contributed by atoms with Crippen LogP contribution in [0.4, 0.5) is 0 Å². The Balaban J connectivity index is 0.00000441. The number of hydrogen-bond donors (Lipinski definition) is 1. The van der Waals surface area contributed by atoms with Crippen LogP contribution < -0.4 is 5.32 Å². The van der Waals surface area contributed by atoms with Crippen molar-refractivity contribution in [3.05, 3.63) is 0 Å². The Bertz CT molecular complexity index is 386. The number of ether oxygens (including phenoxy) is 1. The summed E-state index contributed by atoms with van der Waals surface area (Å²) in [4.78, 5) is 20.7. The van der Waals surface area contributed by atoms with E-state index in [1.54, 1.807) is 7.05 Å². The molecule has 0 aromatic carbocycles. The number of guanidine groups is 1. The minimum Gasteiger partial charge on any atom is -0.380 e. The highest BCUT2D eigenvalue weighted by Gasteiger charge is 2.40. The topological polar surface area (TPSA) is 57.2 Å². The summed E-state index contributed by atoms with van der Waals surface area (Å²) in [5.74, 6) is 0.911. The van der Waals surface area contributed by atoms with Gasteiger partial charge in [0, 0.05) is 32.8 Å². The van der Waals surface area contributed by atoms with E-state index in [1.165, 1.54) is 0 Å². The van der Waals surface area contributed by atoms with Crippen molar-refractivity contribution < 1.29 is 9.53 Å². The summed E-state index contributed by atoms with van der Waals surface area (Å²) < 4.78 is 5.32. The Labute approximate surface area is 151 Å². The standard InChI is InChI=1S/C15H30N4O2.HI/c1-7-21-9-8-17-14(16-6)18-10-13(20)19(12(2)3)15(4,5)11-18;/h12H,7-11H2,1-6H3,(H,16,17);1H. The Hall–Kier alpha value is -0.570. The number of hydrogen-bond acceptors (Lipinski definition) is 3. The van der Waals surface area contributed by atoms with Gasteiger partial charge in [0.25, 0.3) is 0 Å². The van der Waals surface area contributed by atoms with Crippen LogP contribution in [-0.2, 0) is 9.53 Å². The molecule has 7 heteroatoms. The molecule has 0 aliphatic carbocycles. The molecule has 0 saturated carbocycles. The first kappa shape index (κ1) is 21.4. The lowest BCUT2D eigenvalue weighted by molar-refractivity contribution is -0.145. The molecule has 0 bridgehead atoms. The Morgan fingerprint density at radius 3 is 2.55 bits per heavy atom. The molecule has 1 N–H and O–H groups in total. The van der Waals surface area contributed by atoms with Gasteiger partial charge in [-0.2, -0.15) is 0 Å². The first-order chi connectivity index (χ1) is 9.83. The van der Waals surface area contributed by atoms with Crippen molar-refractivity contribution in [2.24, 2.45) is 4.99 Å². The maximum absolute atomic E-state index is 12.4. The van der Waals surface area contributed by atoms with Crippen molar-refractivity contribution in [3.8, 4) is 0 Å². The summed E-state index contributed by atoms with van der Waals surface area (Å²) in [5, 5.41) is 3.26. The lowest BCUT2D eigenvalue weighted by Gasteiger charge is -2.49. The van der Waals surface area contributed by atoms with Gasteiger partial charge in [-0.1, -0.05) is 0 Å². The lowest BCUT2D eigenvalue weighted by atomic mass is 9.96. The van der Waals surface area contributed by atoms with E-state index >= 15 is 0 Å². The van der Waals surface area contributed by atoms with Crippen LogP contribution in [0.5, 0.6) is 0 Å². The second kappa shape index (κ2) is 9.54. The second-order valence-corrected chi connectivity index (χ2v) is 6.20. The van der Waals surface area contributed by atoms with E-state index in [-0.39, 0.29) is 41.5 Å². The summed E-state index contributed by atoms with van der Waals surface area (Å²) >= 11 is 0. The first-order valence-corrected chi connectivity index (χ1v) is 7.69. The minimum atomic E-state index is -0.207. The number of nitrogens with zero attached hydrogens (tertiary/aromatic N) is 3. The number of rotatable bonds is 5. The number of carbonyl (C=O) groups is 1. The molecule has 0 aromatic rings. The van der Waals surface area contributed by atoms with Gasteiger partial charge in [-0.3, -0.25) is 9.79 Å². The predicted octanol–water partition coefficient (Wildman–Crippen LogP) is 1.55. The number of carbonyl (C=O) groups excluding carboxylic acids is 1. The van der Waals surface area contributed by atoms with Crippen LogP contribution in [0.15, 0.2) is 4.99 Å². The van der Waals surface area contributed by atoms with Crippen molar-refractivity contribution in [1.29, 1.82) is 0 Å². The van der Waals surface area contributed by atoms with Gasteiger partial charge < -0.3 is 19.9 Å². The van der Waals surface area contributed by atoms with Crippen molar-refractivity contribution in [3.63, 3.8) is 0 Å². The first-order valence-electron chi connectivity index (χ1n) is 7.69. The normalized spacial score (nSPS) is 18.5. The van der Waals surface area contributed by atoms with E-state index in [0.717, 1.165) is 12.5 Å². The average Bonchev–Trinajstić information content (AvgIpc) is 2.36. The van der Waals surface area contributed by atoms with E-state index in [4.69, 9.17) is 4.74 Å². The van der Waals surface area contributed by atoms with E-state index in [0.29, 0.717) is 26.3 Å². The van der Waals surface area contributed by atoms with Crippen molar-refractivity contribution >= 4 is 35.8 Å². The second-order valence-electron chi connectivity index (χ2n) is 6.20. The molecule has 0 aromatic heterocycles. The number of nitrogens with one attached hydrogen (secondary N) is 1. The van der Waals surface area contributed by atoms with Crippen LogP contribution >= 0.6 is 24.0 Å². The van der Waals surface area contributed by atoms with Gasteiger partial charge in [0.2, 0.25) is 5.91 Å². The molecule has 22 heavy (non-hydrogen) atoms. The fourth-order valence-electron chi connectivity index (χ4n) is 3.02. The van der Waals surface area contributed by atoms with Gasteiger partial charge in [0.05, 0.1) is 18.7 Å². The minimum absolute atomic E-state index is 0. The van der Waals surface area contributed by atoms with Crippen LogP contribution in [-0.4, -0.2) is 73.1 Å². The van der Waals surface area contributed by atoms with Crippen molar-refractivity contribution in [2.45, 2.75) is 46.2 Å². The third-order valence-electron chi connectivity index (χ3n) is 3.59. The smallest absolute Gasteiger partial charge is 0.242 e. The van der Waals surface area contributed by atoms with E-state index < -0.39 is 0 Å². The number of amides is 1. The SMILES string of the molecule is CCOCCNC(=NC)N1CC(=O)N(C(C)C)C(C)(C)C1.I. The average molecular weight is 426 g/mol. The molecule has 130 valence electrons. The van der Waals surface area contributed by atoms with Gasteiger partial charge in [-0.25, -0.2) is 0 Å². The largest absolute Gasteiger partial charge is 0.380 e. The van der Waals surface area contributed by atoms with Crippen molar-refractivity contribution in [2.75, 3.05) is 39.9 Å². The molecule has 0 radical (unpaired) electrons. The molecular weight excluding hydrogens is 395 g/mol. The molecule has 1 fully saturated rings. The molecule has 1 aliphatic heterocycles. The molecule has 1 aliphatic rings. The summed E-state index contributed by atoms with van der Waals surface area (Å²) in [6, 6.07) is 0.211. The Morgan fingerprint density at radius 2 is 2.09 bits per heavy atom. The van der Waals surface area contributed by atoms with Gasteiger partial charge in [-0.05, 0) is 34.6 Å². The summed E-state index contributed by atoms with van der Waals surface area (Å²) in [5.41, 5.74) is -0.207. The zero-order chi connectivity index (χ0) is 16.0. The molecular formula is C15H31IN4O2. The molecule has 6 nitrogen and oxygen atoms in total.